The predicted octanol–water partition coefficient (Wildman–Crippen LogP) is 3.19. The van der Waals surface area contributed by atoms with E-state index in [0.29, 0.717) is 22.2 Å². The van der Waals surface area contributed by atoms with Crippen LogP contribution >= 0.6 is 0 Å². The summed E-state index contributed by atoms with van der Waals surface area (Å²) in [6.07, 6.45) is 0.610. The number of rotatable bonds is 6. The van der Waals surface area contributed by atoms with Gasteiger partial charge in [-0.25, -0.2) is 13.2 Å². The lowest BCUT2D eigenvalue weighted by atomic mass is 10.1. The molecule has 0 bridgehead atoms. The molecule has 0 saturated carbocycles. The lowest BCUT2D eigenvalue weighted by molar-refractivity contribution is 0.255. The number of sulfonamides is 1. The van der Waals surface area contributed by atoms with Crippen molar-refractivity contribution in [2.24, 2.45) is 5.84 Å². The molecule has 9 heteroatoms. The summed E-state index contributed by atoms with van der Waals surface area (Å²) in [6, 6.07) is 21.6. The Bertz CT molecular complexity index is 1250. The fourth-order valence-corrected chi connectivity index (χ4v) is 5.07. The van der Waals surface area contributed by atoms with Crippen molar-refractivity contribution in [3.63, 3.8) is 0 Å². The Hall–Kier alpha value is -3.24. The van der Waals surface area contributed by atoms with Crippen molar-refractivity contribution < 1.29 is 18.3 Å². The van der Waals surface area contributed by atoms with Gasteiger partial charge in [0.2, 0.25) is 0 Å². The van der Waals surface area contributed by atoms with Crippen molar-refractivity contribution in [1.82, 2.24) is 4.41 Å². The number of aliphatic hydroxyl groups excluding tert-OH is 1. The molecule has 0 radical (unpaired) electrons. The highest BCUT2D eigenvalue weighted by Crippen LogP contribution is 2.35. The zero-order chi connectivity index (χ0) is 23.6. The summed E-state index contributed by atoms with van der Waals surface area (Å²) in [5.74, 6) is 5.61. The van der Waals surface area contributed by atoms with Crippen LogP contribution in [0.3, 0.4) is 0 Å². The Balaban J connectivity index is 1.56. The summed E-state index contributed by atoms with van der Waals surface area (Å²) in [6.45, 7) is 1.29. The maximum Gasteiger partial charge on any atom is 0.326 e. The van der Waals surface area contributed by atoms with Crippen molar-refractivity contribution in [3.8, 4) is 11.1 Å². The zero-order valence-corrected chi connectivity index (χ0v) is 19.0. The van der Waals surface area contributed by atoms with Crippen LogP contribution in [0.25, 0.3) is 11.1 Å². The number of fused-ring (bicyclic) bond motifs is 1. The van der Waals surface area contributed by atoms with Crippen LogP contribution in [0.2, 0.25) is 0 Å². The molecular formula is C24H26N4O4S. The van der Waals surface area contributed by atoms with E-state index in [-0.39, 0.29) is 23.5 Å². The highest BCUT2D eigenvalue weighted by molar-refractivity contribution is 7.89. The first-order chi connectivity index (χ1) is 15.8. The molecule has 4 N–H and O–H groups in total. The molecule has 33 heavy (non-hydrogen) atoms. The first kappa shape index (κ1) is 22.9. The summed E-state index contributed by atoms with van der Waals surface area (Å²) in [5, 5.41) is 11.9. The number of hydrogen-bond donors (Lipinski definition) is 3. The third-order valence-corrected chi connectivity index (χ3v) is 7.31. The van der Waals surface area contributed by atoms with Crippen LogP contribution < -0.4 is 16.1 Å². The highest BCUT2D eigenvalue weighted by Gasteiger charge is 2.33. The van der Waals surface area contributed by atoms with Crippen LogP contribution in [-0.2, 0) is 16.4 Å². The SMILES string of the molecule is CC1Cc2ccc(S(=O)(=O)N(N)CCO)cc2N1C(=O)Nc1ccc(-c2ccccc2)cc1. The van der Waals surface area contributed by atoms with Gasteiger partial charge in [0.15, 0.2) is 0 Å². The Kier molecular flexibility index (Phi) is 6.48. The lowest BCUT2D eigenvalue weighted by Crippen LogP contribution is -2.40. The Morgan fingerprint density at radius 1 is 1.09 bits per heavy atom. The second kappa shape index (κ2) is 9.32. The van der Waals surface area contributed by atoms with Gasteiger partial charge in [0.25, 0.3) is 10.0 Å². The maximum absolute atomic E-state index is 13.1. The van der Waals surface area contributed by atoms with Crippen LogP contribution in [0.4, 0.5) is 16.2 Å². The Labute approximate surface area is 193 Å². The number of hydrazine groups is 1. The third kappa shape index (κ3) is 4.62. The number of nitrogens with one attached hydrogen (secondary N) is 1. The first-order valence-corrected chi connectivity index (χ1v) is 12.0. The van der Waals surface area contributed by atoms with E-state index in [4.69, 9.17) is 10.9 Å². The summed E-state index contributed by atoms with van der Waals surface area (Å²) >= 11 is 0. The number of benzene rings is 3. The average Bonchev–Trinajstić information content (AvgIpc) is 3.15. The number of carbonyl (C=O) groups excluding carboxylic acids is 1. The molecule has 1 heterocycles. The molecule has 4 rings (SSSR count). The molecule has 3 aromatic rings. The van der Waals surface area contributed by atoms with E-state index in [2.05, 4.69) is 5.32 Å². The molecule has 1 atom stereocenters. The Morgan fingerprint density at radius 2 is 1.76 bits per heavy atom. The number of anilines is 2. The third-order valence-electron chi connectivity index (χ3n) is 5.66. The largest absolute Gasteiger partial charge is 0.395 e. The molecular weight excluding hydrogens is 440 g/mol. The molecule has 172 valence electrons. The summed E-state index contributed by atoms with van der Waals surface area (Å²) < 4.78 is 26.0. The van der Waals surface area contributed by atoms with Gasteiger partial charge < -0.3 is 10.4 Å². The van der Waals surface area contributed by atoms with E-state index in [9.17, 15) is 13.2 Å². The van der Waals surface area contributed by atoms with Crippen molar-refractivity contribution in [2.45, 2.75) is 24.3 Å². The van der Waals surface area contributed by atoms with Crippen LogP contribution in [0.1, 0.15) is 12.5 Å². The van der Waals surface area contributed by atoms with Gasteiger partial charge in [-0.2, -0.15) is 0 Å². The molecule has 0 aromatic heterocycles. The standard InChI is InChI=1S/C24H26N4O4S/c1-17-15-20-9-12-22(33(31,32)27(25)13-14-29)16-23(20)28(17)24(30)26-21-10-7-19(8-11-21)18-5-3-2-4-6-18/h2-12,16-17,29H,13-15,25H2,1H3,(H,26,30). The van der Waals surface area contributed by atoms with Crippen LogP contribution in [0, 0.1) is 0 Å². The fraction of sp³-hybridized carbons (Fsp3) is 0.208. The second-order valence-electron chi connectivity index (χ2n) is 7.93. The molecule has 0 fully saturated rings. The number of urea groups is 1. The van der Waals surface area contributed by atoms with Gasteiger partial charge >= 0.3 is 6.03 Å². The minimum absolute atomic E-state index is 0.0312. The van der Waals surface area contributed by atoms with Crippen molar-refractivity contribution in [1.29, 1.82) is 0 Å². The lowest BCUT2D eigenvalue weighted by Gasteiger charge is -2.24. The molecule has 1 aliphatic heterocycles. The first-order valence-electron chi connectivity index (χ1n) is 10.6. The van der Waals surface area contributed by atoms with Gasteiger partial charge in [0.1, 0.15) is 0 Å². The topological polar surface area (TPSA) is 116 Å². The highest BCUT2D eigenvalue weighted by atomic mass is 32.2. The summed E-state index contributed by atoms with van der Waals surface area (Å²) in [5.41, 5.74) is 4.17. The molecule has 0 aliphatic carbocycles. The summed E-state index contributed by atoms with van der Waals surface area (Å²) in [4.78, 5) is 14.7. The number of amides is 2. The van der Waals surface area contributed by atoms with Gasteiger partial charge in [0.05, 0.1) is 23.7 Å². The van der Waals surface area contributed by atoms with Crippen molar-refractivity contribution in [3.05, 3.63) is 78.4 Å². The van der Waals surface area contributed by atoms with Gasteiger partial charge in [-0.1, -0.05) is 48.5 Å². The van der Waals surface area contributed by atoms with Gasteiger partial charge in [0, 0.05) is 11.7 Å². The van der Waals surface area contributed by atoms with Gasteiger partial charge in [-0.3, -0.25) is 10.7 Å². The van der Waals surface area contributed by atoms with Gasteiger partial charge in [-0.05, 0) is 54.3 Å². The normalized spacial score (nSPS) is 15.5. The summed E-state index contributed by atoms with van der Waals surface area (Å²) in [7, 11) is -3.99. The number of carbonyl (C=O) groups is 1. The van der Waals surface area contributed by atoms with Crippen molar-refractivity contribution in [2.75, 3.05) is 23.4 Å². The zero-order valence-electron chi connectivity index (χ0n) is 18.2. The molecule has 1 aliphatic rings. The second-order valence-corrected chi connectivity index (χ2v) is 9.82. The quantitative estimate of drug-likeness (QED) is 0.381. The fourth-order valence-electron chi connectivity index (χ4n) is 3.97. The smallest absolute Gasteiger partial charge is 0.326 e. The van der Waals surface area contributed by atoms with Crippen molar-refractivity contribution >= 4 is 27.4 Å². The van der Waals surface area contributed by atoms with E-state index < -0.39 is 16.6 Å². The van der Waals surface area contributed by atoms with Crippen LogP contribution in [0.5, 0.6) is 0 Å². The van der Waals surface area contributed by atoms with E-state index in [1.165, 1.54) is 12.1 Å². The minimum atomic E-state index is -3.99. The Morgan fingerprint density at radius 3 is 2.42 bits per heavy atom. The molecule has 0 saturated heterocycles. The molecule has 2 amide bonds. The molecule has 1 unspecified atom stereocenters. The van der Waals surface area contributed by atoms with Crippen LogP contribution in [0.15, 0.2) is 77.7 Å². The van der Waals surface area contributed by atoms with E-state index in [1.807, 2.05) is 61.5 Å². The average molecular weight is 467 g/mol. The number of nitrogens with zero attached hydrogens (tertiary/aromatic N) is 2. The van der Waals surface area contributed by atoms with E-state index >= 15 is 0 Å². The maximum atomic E-state index is 13.1. The predicted molar refractivity (Wildman–Crippen MR) is 128 cm³/mol. The monoisotopic (exact) mass is 466 g/mol. The van der Waals surface area contributed by atoms with E-state index in [0.717, 1.165) is 16.7 Å². The van der Waals surface area contributed by atoms with Gasteiger partial charge in [-0.15, -0.1) is 4.41 Å². The van der Waals surface area contributed by atoms with Crippen LogP contribution in [-0.4, -0.2) is 43.2 Å². The minimum Gasteiger partial charge on any atom is -0.395 e. The molecule has 0 spiro atoms. The molecule has 8 nitrogen and oxygen atoms in total. The number of nitrogens with two attached hydrogens (primary N) is 1. The number of aliphatic hydroxyl groups is 1. The van der Waals surface area contributed by atoms with E-state index in [1.54, 1.807) is 11.0 Å². The molecule has 3 aromatic carbocycles. The number of hydrogen-bond acceptors (Lipinski definition) is 5.